The molecule has 1 amide bonds. The normalized spacial score (nSPS) is 10.4. The highest BCUT2D eigenvalue weighted by Crippen LogP contribution is 2.24. The number of pyridine rings is 1. The third-order valence-corrected chi connectivity index (χ3v) is 5.71. The number of carbonyl (C=O) groups excluding carboxylic acids is 1. The zero-order chi connectivity index (χ0) is 23.6. The van der Waals surface area contributed by atoms with Crippen LogP contribution in [0.2, 0.25) is 0 Å². The number of hydrogen-bond acceptors (Lipinski definition) is 7. The van der Waals surface area contributed by atoms with Crippen molar-refractivity contribution in [3.05, 3.63) is 102 Å². The summed E-state index contributed by atoms with van der Waals surface area (Å²) in [5, 5.41) is 9.44. The topological polar surface area (TPSA) is 92.0 Å². The predicted molar refractivity (Wildman–Crippen MR) is 129 cm³/mol. The molecule has 0 spiro atoms. The van der Waals surface area contributed by atoms with Gasteiger partial charge in [-0.25, -0.2) is 0 Å². The van der Waals surface area contributed by atoms with Gasteiger partial charge in [0.05, 0.1) is 18.9 Å². The molecule has 0 saturated heterocycles. The van der Waals surface area contributed by atoms with Crippen molar-refractivity contribution in [2.24, 2.45) is 0 Å². The molecule has 0 aliphatic rings. The largest absolute Gasteiger partial charge is 0.430 e. The highest BCUT2D eigenvalue weighted by molar-refractivity contribution is 7.07. The Morgan fingerprint density at radius 1 is 1.00 bits per heavy atom. The van der Waals surface area contributed by atoms with Crippen molar-refractivity contribution in [3.63, 3.8) is 0 Å². The number of benzene rings is 2. The van der Waals surface area contributed by atoms with Gasteiger partial charge in [0.1, 0.15) is 5.75 Å². The molecule has 170 valence electrons. The lowest BCUT2D eigenvalue weighted by atomic mass is 10.1. The van der Waals surface area contributed by atoms with E-state index < -0.39 is 0 Å². The van der Waals surface area contributed by atoms with Crippen molar-refractivity contribution in [2.75, 3.05) is 6.54 Å². The van der Waals surface area contributed by atoms with Crippen LogP contribution < -0.4 is 4.74 Å². The number of rotatable bonds is 10. The van der Waals surface area contributed by atoms with Gasteiger partial charge in [-0.1, -0.05) is 48.5 Å². The smallest absolute Gasteiger partial charge is 0.298 e. The van der Waals surface area contributed by atoms with E-state index in [0.29, 0.717) is 30.5 Å². The van der Waals surface area contributed by atoms with Gasteiger partial charge in [0, 0.05) is 43.4 Å². The first-order valence-electron chi connectivity index (χ1n) is 10.9. The molecule has 0 N–H and O–H groups in total. The molecule has 8 heteroatoms. The SMILES string of the molecule is N#CCCN(Cc1cccnc1)C(=O)Cc1ccc(Oc2nc(Cc3ccccc3)ns2)cc1. The molecule has 4 rings (SSSR count). The molecule has 0 unspecified atom stereocenters. The van der Waals surface area contributed by atoms with E-state index in [1.54, 1.807) is 17.3 Å². The molecule has 0 radical (unpaired) electrons. The minimum atomic E-state index is -0.0394. The number of hydrogen-bond donors (Lipinski definition) is 0. The maximum absolute atomic E-state index is 12.9. The van der Waals surface area contributed by atoms with Gasteiger partial charge in [-0.3, -0.25) is 9.78 Å². The molecule has 0 saturated carbocycles. The lowest BCUT2D eigenvalue weighted by Crippen LogP contribution is -2.32. The summed E-state index contributed by atoms with van der Waals surface area (Å²) in [4.78, 5) is 23.2. The van der Waals surface area contributed by atoms with Crippen LogP contribution in [0.4, 0.5) is 0 Å². The number of carbonyl (C=O) groups is 1. The Labute approximate surface area is 202 Å². The van der Waals surface area contributed by atoms with Gasteiger partial charge in [0.15, 0.2) is 5.82 Å². The standard InChI is InChI=1S/C26H23N5O2S/c27-13-5-15-31(19-22-8-4-14-28-18-22)25(32)17-21-9-11-23(12-10-21)33-26-29-24(30-34-26)16-20-6-2-1-3-7-20/h1-4,6-12,14,18H,5,15-17,19H2. The second-order valence-corrected chi connectivity index (χ2v) is 8.36. The van der Waals surface area contributed by atoms with Gasteiger partial charge < -0.3 is 9.64 Å². The summed E-state index contributed by atoms with van der Waals surface area (Å²) in [5.41, 5.74) is 2.95. The van der Waals surface area contributed by atoms with Crippen LogP contribution >= 0.6 is 11.5 Å². The summed E-state index contributed by atoms with van der Waals surface area (Å²) in [6.45, 7) is 0.811. The number of nitriles is 1. The zero-order valence-electron chi connectivity index (χ0n) is 18.5. The van der Waals surface area contributed by atoms with E-state index in [0.717, 1.165) is 22.5 Å². The molecule has 2 heterocycles. The molecular weight excluding hydrogens is 446 g/mol. The van der Waals surface area contributed by atoms with Crippen molar-refractivity contribution in [1.82, 2.24) is 19.2 Å². The van der Waals surface area contributed by atoms with Crippen molar-refractivity contribution in [3.8, 4) is 17.0 Å². The summed E-state index contributed by atoms with van der Waals surface area (Å²) in [6, 6.07) is 23.3. The average Bonchev–Trinajstić information content (AvgIpc) is 3.30. The minimum Gasteiger partial charge on any atom is -0.430 e. The first-order valence-corrected chi connectivity index (χ1v) is 11.6. The molecule has 0 bridgehead atoms. The van der Waals surface area contributed by atoms with Crippen LogP contribution in [0.3, 0.4) is 0 Å². The first kappa shape index (κ1) is 23.1. The summed E-state index contributed by atoms with van der Waals surface area (Å²) in [7, 11) is 0. The lowest BCUT2D eigenvalue weighted by Gasteiger charge is -2.21. The van der Waals surface area contributed by atoms with Gasteiger partial charge in [0.25, 0.3) is 5.19 Å². The molecule has 2 aromatic heterocycles. The van der Waals surface area contributed by atoms with Crippen molar-refractivity contribution in [2.45, 2.75) is 25.8 Å². The third kappa shape index (κ3) is 6.70. The Morgan fingerprint density at radius 3 is 2.53 bits per heavy atom. The Kier molecular flexibility index (Phi) is 7.93. The van der Waals surface area contributed by atoms with Crippen LogP contribution in [-0.4, -0.2) is 31.7 Å². The maximum Gasteiger partial charge on any atom is 0.298 e. The Morgan fingerprint density at radius 2 is 1.79 bits per heavy atom. The molecule has 34 heavy (non-hydrogen) atoms. The van der Waals surface area contributed by atoms with E-state index in [1.807, 2.05) is 66.7 Å². The molecule has 7 nitrogen and oxygen atoms in total. The van der Waals surface area contributed by atoms with Crippen LogP contribution in [0.25, 0.3) is 0 Å². The van der Waals surface area contributed by atoms with Crippen LogP contribution in [-0.2, 0) is 24.2 Å². The number of ether oxygens (including phenoxy) is 1. The fourth-order valence-electron chi connectivity index (χ4n) is 3.38. The molecule has 4 aromatic rings. The van der Waals surface area contributed by atoms with Gasteiger partial charge in [0.2, 0.25) is 5.91 Å². The van der Waals surface area contributed by atoms with Crippen LogP contribution in [0, 0.1) is 11.3 Å². The van der Waals surface area contributed by atoms with Gasteiger partial charge >= 0.3 is 0 Å². The molecular formula is C26H23N5O2S. The van der Waals surface area contributed by atoms with Crippen molar-refractivity contribution < 1.29 is 9.53 Å². The summed E-state index contributed by atoms with van der Waals surface area (Å²) >= 11 is 1.22. The van der Waals surface area contributed by atoms with E-state index in [9.17, 15) is 4.79 Å². The second kappa shape index (κ2) is 11.7. The number of amides is 1. The van der Waals surface area contributed by atoms with Crippen LogP contribution in [0.15, 0.2) is 79.1 Å². The Balaban J connectivity index is 1.34. The quantitative estimate of drug-likeness (QED) is 0.331. The highest BCUT2D eigenvalue weighted by atomic mass is 32.1. The summed E-state index contributed by atoms with van der Waals surface area (Å²) in [6.07, 6.45) is 4.61. The fourth-order valence-corrected chi connectivity index (χ4v) is 3.95. The first-order chi connectivity index (χ1) is 16.7. The van der Waals surface area contributed by atoms with E-state index in [2.05, 4.69) is 20.4 Å². The van der Waals surface area contributed by atoms with Crippen molar-refractivity contribution >= 4 is 17.4 Å². The van der Waals surface area contributed by atoms with Crippen LogP contribution in [0.1, 0.15) is 28.9 Å². The molecule has 0 atom stereocenters. The summed E-state index contributed by atoms with van der Waals surface area (Å²) in [5.74, 6) is 1.32. The third-order valence-electron chi connectivity index (χ3n) is 5.08. The Hall–Kier alpha value is -4.09. The average molecular weight is 470 g/mol. The summed E-state index contributed by atoms with van der Waals surface area (Å²) < 4.78 is 10.2. The lowest BCUT2D eigenvalue weighted by molar-refractivity contribution is -0.131. The van der Waals surface area contributed by atoms with Gasteiger partial charge in [-0.05, 0) is 34.9 Å². The van der Waals surface area contributed by atoms with Gasteiger partial charge in [-0.2, -0.15) is 14.6 Å². The number of nitrogens with zero attached hydrogens (tertiary/aromatic N) is 5. The Bertz CT molecular complexity index is 1240. The van der Waals surface area contributed by atoms with E-state index in [-0.39, 0.29) is 18.7 Å². The second-order valence-electron chi connectivity index (χ2n) is 7.65. The fraction of sp³-hybridized carbons (Fsp3) is 0.192. The van der Waals surface area contributed by atoms with Gasteiger partial charge in [-0.15, -0.1) is 0 Å². The zero-order valence-corrected chi connectivity index (χ0v) is 19.3. The molecule has 0 fully saturated rings. The number of aromatic nitrogens is 3. The predicted octanol–water partition coefficient (Wildman–Crippen LogP) is 4.80. The highest BCUT2D eigenvalue weighted by Gasteiger charge is 2.15. The maximum atomic E-state index is 12.9. The molecule has 0 aliphatic heterocycles. The monoisotopic (exact) mass is 469 g/mol. The van der Waals surface area contributed by atoms with E-state index in [1.165, 1.54) is 11.5 Å². The van der Waals surface area contributed by atoms with E-state index >= 15 is 0 Å². The van der Waals surface area contributed by atoms with Crippen molar-refractivity contribution in [1.29, 1.82) is 5.26 Å². The molecule has 0 aliphatic carbocycles. The van der Waals surface area contributed by atoms with E-state index in [4.69, 9.17) is 10.00 Å². The minimum absolute atomic E-state index is 0.0394. The molecule has 2 aromatic carbocycles. The van der Waals surface area contributed by atoms with Crippen LogP contribution in [0.5, 0.6) is 10.9 Å².